The van der Waals surface area contributed by atoms with E-state index in [4.69, 9.17) is 20.4 Å². The minimum absolute atomic E-state index is 0.274. The van der Waals surface area contributed by atoms with Crippen molar-refractivity contribution in [2.24, 2.45) is 0 Å². The molecular weight excluding hydrogens is 426 g/mol. The summed E-state index contributed by atoms with van der Waals surface area (Å²) in [6, 6.07) is 20.9. The Morgan fingerprint density at radius 2 is 1.68 bits per heavy atom. The number of carbonyl (C=O) groups excluding carboxylic acids is 1. The molecule has 0 unspecified atom stereocenters. The third kappa shape index (κ3) is 3.71. The van der Waals surface area contributed by atoms with E-state index < -0.39 is 0 Å². The molecule has 5 rings (SSSR count). The number of fused-ring (bicyclic) bond motifs is 2. The highest BCUT2D eigenvalue weighted by molar-refractivity contribution is 6.16. The second kappa shape index (κ2) is 8.51. The van der Waals surface area contributed by atoms with E-state index in [-0.39, 0.29) is 11.7 Å². The van der Waals surface area contributed by atoms with Gasteiger partial charge < -0.3 is 15.8 Å². The summed E-state index contributed by atoms with van der Waals surface area (Å²) in [7, 11) is 0. The van der Waals surface area contributed by atoms with Crippen molar-refractivity contribution in [3.05, 3.63) is 83.4 Å². The molecule has 7 nitrogen and oxygen atoms in total. The van der Waals surface area contributed by atoms with Crippen molar-refractivity contribution in [3.63, 3.8) is 0 Å². The summed E-state index contributed by atoms with van der Waals surface area (Å²) < 4.78 is 7.33. The average molecular weight is 452 g/mol. The van der Waals surface area contributed by atoms with Gasteiger partial charge in [0.15, 0.2) is 5.65 Å². The SMILES string of the molecule is CCOc1ccc(-n2c(N)c(C(=O)Nc3ccc(C)c(C)c3)c3nc4ccccc4nc32)cc1. The monoisotopic (exact) mass is 451 g/mol. The van der Waals surface area contributed by atoms with Crippen molar-refractivity contribution in [3.8, 4) is 11.4 Å². The van der Waals surface area contributed by atoms with Crippen molar-refractivity contribution < 1.29 is 9.53 Å². The molecule has 0 aliphatic carbocycles. The van der Waals surface area contributed by atoms with Crippen molar-refractivity contribution in [1.82, 2.24) is 14.5 Å². The van der Waals surface area contributed by atoms with Gasteiger partial charge in [-0.3, -0.25) is 9.36 Å². The molecule has 0 bridgehead atoms. The summed E-state index contributed by atoms with van der Waals surface area (Å²) >= 11 is 0. The molecule has 3 N–H and O–H groups in total. The summed E-state index contributed by atoms with van der Waals surface area (Å²) in [4.78, 5) is 23.1. The first-order chi connectivity index (χ1) is 16.5. The fraction of sp³-hybridized carbons (Fsp3) is 0.148. The number of amides is 1. The molecule has 2 heterocycles. The van der Waals surface area contributed by atoms with E-state index in [1.54, 1.807) is 4.57 Å². The Bertz CT molecular complexity index is 1540. The minimum atomic E-state index is -0.333. The molecule has 0 saturated carbocycles. The molecule has 0 aliphatic heterocycles. The van der Waals surface area contributed by atoms with Crippen LogP contribution in [0.2, 0.25) is 0 Å². The van der Waals surface area contributed by atoms with Gasteiger partial charge in [-0.05, 0) is 80.4 Å². The number of carbonyl (C=O) groups is 1. The fourth-order valence-electron chi connectivity index (χ4n) is 4.02. The number of benzene rings is 3. The van der Waals surface area contributed by atoms with Gasteiger partial charge >= 0.3 is 0 Å². The second-order valence-corrected chi connectivity index (χ2v) is 8.16. The van der Waals surface area contributed by atoms with Crippen molar-refractivity contribution in [2.45, 2.75) is 20.8 Å². The van der Waals surface area contributed by atoms with Crippen LogP contribution in [-0.4, -0.2) is 27.0 Å². The van der Waals surface area contributed by atoms with Gasteiger partial charge in [-0.2, -0.15) is 0 Å². The number of ether oxygens (including phenoxy) is 1. The molecule has 5 aromatic rings. The zero-order valence-electron chi connectivity index (χ0n) is 19.3. The lowest BCUT2D eigenvalue weighted by atomic mass is 10.1. The molecule has 0 atom stereocenters. The van der Waals surface area contributed by atoms with Gasteiger partial charge in [-0.15, -0.1) is 0 Å². The normalized spacial score (nSPS) is 11.1. The zero-order valence-corrected chi connectivity index (χ0v) is 19.3. The van der Waals surface area contributed by atoms with Gasteiger partial charge in [0.1, 0.15) is 22.6 Å². The number of nitrogens with one attached hydrogen (secondary N) is 1. The number of hydrogen-bond donors (Lipinski definition) is 2. The zero-order chi connectivity index (χ0) is 23.8. The third-order valence-corrected chi connectivity index (χ3v) is 5.90. The molecule has 170 valence electrons. The number of rotatable bonds is 5. The van der Waals surface area contributed by atoms with Gasteiger partial charge in [0, 0.05) is 11.4 Å². The number of nitrogens with zero attached hydrogens (tertiary/aromatic N) is 3. The van der Waals surface area contributed by atoms with E-state index in [0.717, 1.165) is 28.1 Å². The molecule has 0 saturated heterocycles. The van der Waals surface area contributed by atoms with Gasteiger partial charge in [0.2, 0.25) is 0 Å². The van der Waals surface area contributed by atoms with Crippen LogP contribution in [0.1, 0.15) is 28.4 Å². The number of anilines is 2. The first kappa shape index (κ1) is 21.5. The summed E-state index contributed by atoms with van der Waals surface area (Å²) in [5.41, 5.74) is 13.0. The molecule has 0 radical (unpaired) electrons. The first-order valence-electron chi connectivity index (χ1n) is 11.1. The number of aryl methyl sites for hydroxylation is 2. The highest BCUT2D eigenvalue weighted by Gasteiger charge is 2.25. The summed E-state index contributed by atoms with van der Waals surface area (Å²) in [5, 5.41) is 2.98. The van der Waals surface area contributed by atoms with Crippen LogP contribution in [0.4, 0.5) is 11.5 Å². The molecule has 0 aliphatic rings. The number of hydrogen-bond acceptors (Lipinski definition) is 5. The van der Waals surface area contributed by atoms with Gasteiger partial charge in [0.25, 0.3) is 5.91 Å². The van der Waals surface area contributed by atoms with Crippen molar-refractivity contribution in [1.29, 1.82) is 0 Å². The lowest BCUT2D eigenvalue weighted by Gasteiger charge is -2.10. The number of aromatic nitrogens is 3. The van der Waals surface area contributed by atoms with Crippen molar-refractivity contribution >= 4 is 39.6 Å². The summed E-state index contributed by atoms with van der Waals surface area (Å²) in [6.07, 6.45) is 0. The Morgan fingerprint density at radius 1 is 0.971 bits per heavy atom. The van der Waals surface area contributed by atoms with Crippen LogP contribution < -0.4 is 15.8 Å². The number of para-hydroxylation sites is 2. The molecule has 1 amide bonds. The highest BCUT2D eigenvalue weighted by Crippen LogP contribution is 2.32. The highest BCUT2D eigenvalue weighted by atomic mass is 16.5. The standard InChI is InChI=1S/C27H25N5O2/c1-4-34-20-13-11-19(12-14-20)32-25(28)23(27(33)29-18-10-9-16(2)17(3)15-18)24-26(32)31-22-8-6-5-7-21(22)30-24/h5-15H,4,28H2,1-3H3,(H,29,33). The Labute approximate surface area is 197 Å². The van der Waals surface area contributed by atoms with Crippen LogP contribution in [0.3, 0.4) is 0 Å². The van der Waals surface area contributed by atoms with Crippen LogP contribution in [0.5, 0.6) is 5.75 Å². The van der Waals surface area contributed by atoms with Crippen LogP contribution in [-0.2, 0) is 0 Å². The van der Waals surface area contributed by atoms with E-state index in [9.17, 15) is 4.79 Å². The van der Waals surface area contributed by atoms with Crippen LogP contribution in [0, 0.1) is 13.8 Å². The Kier molecular flexibility index (Phi) is 5.37. The van der Waals surface area contributed by atoms with Crippen molar-refractivity contribution in [2.75, 3.05) is 17.7 Å². The third-order valence-electron chi connectivity index (χ3n) is 5.90. The minimum Gasteiger partial charge on any atom is -0.494 e. The smallest absolute Gasteiger partial charge is 0.261 e. The molecule has 2 aromatic heterocycles. The van der Waals surface area contributed by atoms with E-state index in [1.807, 2.05) is 87.5 Å². The lowest BCUT2D eigenvalue weighted by Crippen LogP contribution is -2.14. The average Bonchev–Trinajstić information content (AvgIpc) is 3.11. The van der Waals surface area contributed by atoms with Gasteiger partial charge in [-0.25, -0.2) is 9.97 Å². The Balaban J connectivity index is 1.69. The topological polar surface area (TPSA) is 95.1 Å². The van der Waals surface area contributed by atoms with Gasteiger partial charge in [0.05, 0.1) is 17.6 Å². The predicted octanol–water partition coefficient (Wildman–Crippen LogP) is 5.42. The molecule has 34 heavy (non-hydrogen) atoms. The van der Waals surface area contributed by atoms with Crippen LogP contribution >= 0.6 is 0 Å². The van der Waals surface area contributed by atoms with Crippen LogP contribution in [0.25, 0.3) is 27.9 Å². The predicted molar refractivity (Wildman–Crippen MR) is 136 cm³/mol. The maximum absolute atomic E-state index is 13.5. The molecule has 0 spiro atoms. The lowest BCUT2D eigenvalue weighted by molar-refractivity contribution is 0.102. The molecular formula is C27H25N5O2. The van der Waals surface area contributed by atoms with E-state index in [2.05, 4.69) is 5.32 Å². The maximum Gasteiger partial charge on any atom is 0.261 e. The Morgan fingerprint density at radius 3 is 2.35 bits per heavy atom. The molecule has 3 aromatic carbocycles. The summed E-state index contributed by atoms with van der Waals surface area (Å²) in [5.74, 6) is 0.696. The summed E-state index contributed by atoms with van der Waals surface area (Å²) in [6.45, 7) is 6.56. The number of nitrogens with two attached hydrogens (primary N) is 1. The van der Waals surface area contributed by atoms with Gasteiger partial charge in [-0.1, -0.05) is 18.2 Å². The first-order valence-corrected chi connectivity index (χ1v) is 11.1. The Hall–Kier alpha value is -4.39. The quantitative estimate of drug-likeness (QED) is 0.372. The van der Waals surface area contributed by atoms with E-state index >= 15 is 0 Å². The van der Waals surface area contributed by atoms with Crippen LogP contribution in [0.15, 0.2) is 66.7 Å². The van der Waals surface area contributed by atoms with E-state index in [1.165, 1.54) is 0 Å². The molecule has 7 heteroatoms. The number of nitrogen functional groups attached to an aromatic ring is 1. The largest absolute Gasteiger partial charge is 0.494 e. The molecule has 0 fully saturated rings. The second-order valence-electron chi connectivity index (χ2n) is 8.16. The van der Waals surface area contributed by atoms with E-state index in [0.29, 0.717) is 34.5 Å². The fourth-order valence-corrected chi connectivity index (χ4v) is 4.02. The maximum atomic E-state index is 13.5.